The molecule has 60 valence electrons. The normalized spacial score (nSPS) is 20.1. The van der Waals surface area contributed by atoms with E-state index >= 15 is 0 Å². The van der Waals surface area contributed by atoms with Gasteiger partial charge in [0.2, 0.25) is 0 Å². The van der Waals surface area contributed by atoms with E-state index in [9.17, 15) is 0 Å². The third-order valence-electron chi connectivity index (χ3n) is 2.34. The highest BCUT2D eigenvalue weighted by Crippen LogP contribution is 2.36. The van der Waals surface area contributed by atoms with Crippen LogP contribution in [0.2, 0.25) is 0 Å². The van der Waals surface area contributed by atoms with E-state index in [1.165, 1.54) is 18.5 Å². The van der Waals surface area contributed by atoms with Gasteiger partial charge in [0.1, 0.15) is 0 Å². The van der Waals surface area contributed by atoms with Crippen molar-refractivity contribution in [2.45, 2.75) is 31.2 Å². The molecule has 1 fully saturated rings. The van der Waals surface area contributed by atoms with Crippen molar-refractivity contribution in [3.05, 3.63) is 18.2 Å². The Kier molecular flexibility index (Phi) is 1.46. The number of aromatic amines is 1. The van der Waals surface area contributed by atoms with Gasteiger partial charge in [0, 0.05) is 17.4 Å². The molecule has 3 N–H and O–H groups in total. The summed E-state index contributed by atoms with van der Waals surface area (Å²) < 4.78 is 0. The number of aromatic nitrogens is 2. The number of nitrogens with one attached hydrogen (secondary N) is 1. The van der Waals surface area contributed by atoms with Gasteiger partial charge >= 0.3 is 0 Å². The van der Waals surface area contributed by atoms with Crippen molar-refractivity contribution in [1.82, 2.24) is 9.97 Å². The van der Waals surface area contributed by atoms with E-state index < -0.39 is 0 Å². The summed E-state index contributed by atoms with van der Waals surface area (Å²) in [6.07, 6.45) is 8.10. The molecule has 3 nitrogen and oxygen atoms in total. The van der Waals surface area contributed by atoms with E-state index in [1.54, 1.807) is 6.33 Å². The molecule has 0 aromatic carbocycles. The van der Waals surface area contributed by atoms with Crippen LogP contribution in [0.25, 0.3) is 0 Å². The Morgan fingerprint density at radius 2 is 2.45 bits per heavy atom. The molecule has 0 spiro atoms. The first-order chi connectivity index (χ1) is 5.29. The maximum Gasteiger partial charge on any atom is 0.0921 e. The summed E-state index contributed by atoms with van der Waals surface area (Å²) in [5.74, 6) is 0. The fourth-order valence-corrected chi connectivity index (χ4v) is 1.22. The standard InChI is InChI=1S/C8H13N3/c9-8(3-4-8)2-1-7-5-10-6-11-7/h5-6H,1-4,9H2,(H,10,11). The van der Waals surface area contributed by atoms with E-state index in [2.05, 4.69) is 9.97 Å². The second-order valence-electron chi connectivity index (χ2n) is 3.44. The molecule has 0 saturated heterocycles. The first kappa shape index (κ1) is 6.85. The predicted octanol–water partition coefficient (Wildman–Crippen LogP) is 0.834. The van der Waals surface area contributed by atoms with Crippen molar-refractivity contribution in [1.29, 1.82) is 0 Å². The summed E-state index contributed by atoms with van der Waals surface area (Å²) in [7, 11) is 0. The van der Waals surface area contributed by atoms with Crippen molar-refractivity contribution in [2.75, 3.05) is 0 Å². The third kappa shape index (κ3) is 1.60. The number of hydrogen-bond acceptors (Lipinski definition) is 2. The average Bonchev–Trinajstić information content (AvgIpc) is 2.53. The molecule has 2 rings (SSSR count). The van der Waals surface area contributed by atoms with Gasteiger partial charge in [-0.1, -0.05) is 0 Å². The van der Waals surface area contributed by atoms with Crippen LogP contribution in [0, 0.1) is 0 Å². The van der Waals surface area contributed by atoms with E-state index in [1.807, 2.05) is 6.20 Å². The molecule has 0 aliphatic heterocycles. The minimum atomic E-state index is 0.172. The second-order valence-corrected chi connectivity index (χ2v) is 3.44. The number of aryl methyl sites for hydroxylation is 1. The molecule has 3 heteroatoms. The Balaban J connectivity index is 1.83. The minimum Gasteiger partial charge on any atom is -0.348 e. The zero-order chi connectivity index (χ0) is 7.73. The van der Waals surface area contributed by atoms with E-state index in [0.717, 1.165) is 12.8 Å². The summed E-state index contributed by atoms with van der Waals surface area (Å²) in [5, 5.41) is 0. The number of nitrogens with two attached hydrogens (primary N) is 1. The maximum absolute atomic E-state index is 5.93. The van der Waals surface area contributed by atoms with Crippen LogP contribution in [0.3, 0.4) is 0 Å². The monoisotopic (exact) mass is 151 g/mol. The minimum absolute atomic E-state index is 0.172. The van der Waals surface area contributed by atoms with Crippen LogP contribution in [0.15, 0.2) is 12.5 Å². The molecule has 0 atom stereocenters. The summed E-state index contributed by atoms with van der Waals surface area (Å²) in [6.45, 7) is 0. The molecule has 1 aromatic heterocycles. The Labute approximate surface area is 66.0 Å². The zero-order valence-electron chi connectivity index (χ0n) is 6.51. The molecule has 1 aromatic rings. The smallest absolute Gasteiger partial charge is 0.0921 e. The van der Waals surface area contributed by atoms with Crippen molar-refractivity contribution in [3.8, 4) is 0 Å². The zero-order valence-corrected chi connectivity index (χ0v) is 6.51. The molecule has 0 radical (unpaired) electrons. The first-order valence-electron chi connectivity index (χ1n) is 4.05. The number of rotatable bonds is 3. The summed E-state index contributed by atoms with van der Waals surface area (Å²) >= 11 is 0. The topological polar surface area (TPSA) is 54.7 Å². The number of hydrogen-bond donors (Lipinski definition) is 2. The lowest BCUT2D eigenvalue weighted by molar-refractivity contribution is 0.604. The van der Waals surface area contributed by atoms with Crippen LogP contribution in [0.4, 0.5) is 0 Å². The molecule has 1 saturated carbocycles. The van der Waals surface area contributed by atoms with Crippen molar-refractivity contribution in [2.24, 2.45) is 5.73 Å². The molecule has 1 heterocycles. The van der Waals surface area contributed by atoms with Crippen molar-refractivity contribution >= 4 is 0 Å². The number of imidazole rings is 1. The molecular weight excluding hydrogens is 138 g/mol. The first-order valence-corrected chi connectivity index (χ1v) is 4.05. The lowest BCUT2D eigenvalue weighted by atomic mass is 10.1. The third-order valence-corrected chi connectivity index (χ3v) is 2.34. The van der Waals surface area contributed by atoms with E-state index in [-0.39, 0.29) is 5.54 Å². The number of H-pyrrole nitrogens is 1. The molecule has 0 unspecified atom stereocenters. The Morgan fingerprint density at radius 3 is 3.00 bits per heavy atom. The van der Waals surface area contributed by atoms with Crippen LogP contribution in [-0.2, 0) is 6.42 Å². The van der Waals surface area contributed by atoms with Crippen LogP contribution in [0.1, 0.15) is 25.0 Å². The molecule has 1 aliphatic carbocycles. The Bertz CT molecular complexity index is 223. The van der Waals surface area contributed by atoms with Crippen molar-refractivity contribution in [3.63, 3.8) is 0 Å². The van der Waals surface area contributed by atoms with Gasteiger partial charge < -0.3 is 10.7 Å². The quantitative estimate of drug-likeness (QED) is 0.672. The van der Waals surface area contributed by atoms with Crippen LogP contribution >= 0.6 is 0 Å². The Morgan fingerprint density at radius 1 is 1.64 bits per heavy atom. The summed E-state index contributed by atoms with van der Waals surface area (Å²) in [5.41, 5.74) is 7.30. The molecule has 11 heavy (non-hydrogen) atoms. The van der Waals surface area contributed by atoms with Gasteiger partial charge in [-0.2, -0.15) is 0 Å². The highest BCUT2D eigenvalue weighted by Gasteiger charge is 2.37. The van der Waals surface area contributed by atoms with Crippen molar-refractivity contribution < 1.29 is 0 Å². The van der Waals surface area contributed by atoms with Gasteiger partial charge in [-0.25, -0.2) is 4.98 Å². The van der Waals surface area contributed by atoms with Gasteiger partial charge in [0.05, 0.1) is 6.33 Å². The van der Waals surface area contributed by atoms with Gasteiger partial charge in [0.15, 0.2) is 0 Å². The van der Waals surface area contributed by atoms with Crippen LogP contribution < -0.4 is 5.73 Å². The molecule has 1 aliphatic rings. The second kappa shape index (κ2) is 2.34. The molecular formula is C8H13N3. The predicted molar refractivity (Wildman–Crippen MR) is 43.1 cm³/mol. The van der Waals surface area contributed by atoms with Crippen LogP contribution in [0.5, 0.6) is 0 Å². The SMILES string of the molecule is NC1(CCc2cnc[nH]2)CC1. The largest absolute Gasteiger partial charge is 0.348 e. The molecule has 0 bridgehead atoms. The van der Waals surface area contributed by atoms with Crippen LogP contribution in [-0.4, -0.2) is 15.5 Å². The lowest BCUT2D eigenvalue weighted by Gasteiger charge is -2.05. The fourth-order valence-electron chi connectivity index (χ4n) is 1.22. The average molecular weight is 151 g/mol. The highest BCUT2D eigenvalue weighted by molar-refractivity contribution is 5.03. The Hall–Kier alpha value is -0.830. The summed E-state index contributed by atoms with van der Waals surface area (Å²) in [6, 6.07) is 0. The van der Waals surface area contributed by atoms with E-state index in [0.29, 0.717) is 0 Å². The highest BCUT2D eigenvalue weighted by atomic mass is 14.9. The molecule has 0 amide bonds. The summed E-state index contributed by atoms with van der Waals surface area (Å²) in [4.78, 5) is 7.02. The fraction of sp³-hybridized carbons (Fsp3) is 0.625. The van der Waals surface area contributed by atoms with Gasteiger partial charge in [0.25, 0.3) is 0 Å². The lowest BCUT2D eigenvalue weighted by Crippen LogP contribution is -2.22. The van der Waals surface area contributed by atoms with Gasteiger partial charge in [-0.15, -0.1) is 0 Å². The van der Waals surface area contributed by atoms with Gasteiger partial charge in [-0.3, -0.25) is 0 Å². The van der Waals surface area contributed by atoms with Gasteiger partial charge in [-0.05, 0) is 25.7 Å². The number of nitrogens with zero attached hydrogens (tertiary/aromatic N) is 1. The van der Waals surface area contributed by atoms with E-state index in [4.69, 9.17) is 5.73 Å². The maximum atomic E-state index is 5.93.